The number of methoxy groups -OCH3 is 2. The minimum atomic E-state index is -0.294. The van der Waals surface area contributed by atoms with E-state index in [9.17, 15) is 14.4 Å². The first-order valence-corrected chi connectivity index (χ1v) is 12.0. The Labute approximate surface area is 213 Å². The number of ether oxygens (including phenoxy) is 3. The van der Waals surface area contributed by atoms with E-state index >= 15 is 0 Å². The van der Waals surface area contributed by atoms with E-state index < -0.39 is 0 Å². The topological polar surface area (TPSA) is 158 Å². The van der Waals surface area contributed by atoms with Gasteiger partial charge in [0.15, 0.2) is 11.2 Å². The molecule has 0 aliphatic heterocycles. The number of H-pyrrole nitrogens is 1. The molecule has 208 valence electrons. The monoisotopic (exact) mass is 515 g/mol. The van der Waals surface area contributed by atoms with Crippen LogP contribution in [0.2, 0.25) is 0 Å². The molecule has 3 N–H and O–H groups in total. The lowest BCUT2D eigenvalue weighted by atomic mass is 10.2. The number of aliphatic hydroxyl groups excluding tert-OH is 1. The fourth-order valence-electron chi connectivity index (χ4n) is 2.22. The number of hydrogen-bond acceptors (Lipinski definition) is 10. The Hall–Kier alpha value is -2.83. The van der Waals surface area contributed by atoms with Gasteiger partial charge in [0.25, 0.3) is 5.56 Å². The van der Waals surface area contributed by atoms with E-state index in [0.29, 0.717) is 31.2 Å². The highest BCUT2D eigenvalue weighted by molar-refractivity contribution is 5.71. The van der Waals surface area contributed by atoms with Crippen LogP contribution in [0.25, 0.3) is 11.2 Å². The van der Waals surface area contributed by atoms with E-state index in [1.807, 2.05) is 27.7 Å². The number of nitrogens with zero attached hydrogens (tertiary/aromatic N) is 3. The van der Waals surface area contributed by atoms with Gasteiger partial charge in [-0.25, -0.2) is 4.98 Å². The van der Waals surface area contributed by atoms with E-state index in [-0.39, 0.29) is 48.2 Å². The molecule has 0 radical (unpaired) electrons. The third kappa shape index (κ3) is 14.5. The number of aldehydes is 1. The summed E-state index contributed by atoms with van der Waals surface area (Å²) in [5, 5.41) is 10.7. The van der Waals surface area contributed by atoms with E-state index in [1.165, 1.54) is 0 Å². The number of nitrogens with one attached hydrogen (secondary N) is 2. The molecular weight excluding hydrogens is 470 g/mol. The van der Waals surface area contributed by atoms with E-state index in [4.69, 9.17) is 14.6 Å². The number of carbonyl (C=O) groups excluding carboxylic acids is 2. The molecule has 0 bridgehead atoms. The number of fused-ring (bicyclic) bond motifs is 1. The summed E-state index contributed by atoms with van der Waals surface area (Å²) < 4.78 is 16.8. The fourth-order valence-corrected chi connectivity index (χ4v) is 2.22. The molecule has 36 heavy (non-hydrogen) atoms. The number of imidazole rings is 1. The molecule has 2 aromatic rings. The van der Waals surface area contributed by atoms with Gasteiger partial charge < -0.3 is 34.0 Å². The normalized spacial score (nSPS) is 10.9. The lowest BCUT2D eigenvalue weighted by Crippen LogP contribution is -2.24. The largest absolute Gasteiger partial charge is 0.463 e. The van der Waals surface area contributed by atoms with Crippen molar-refractivity contribution in [3.63, 3.8) is 0 Å². The Bertz CT molecular complexity index is 895. The van der Waals surface area contributed by atoms with Crippen molar-refractivity contribution >= 4 is 29.4 Å². The first-order valence-electron chi connectivity index (χ1n) is 12.0. The second kappa shape index (κ2) is 21.5. The van der Waals surface area contributed by atoms with Crippen LogP contribution in [0.15, 0.2) is 11.1 Å². The third-order valence-corrected chi connectivity index (χ3v) is 4.19. The molecular formula is C24H45N5O7. The Morgan fingerprint density at radius 1 is 1.25 bits per heavy atom. The fraction of sp³-hybridized carbons (Fsp3) is 0.708. The third-order valence-electron chi connectivity index (χ3n) is 4.19. The molecule has 0 saturated heterocycles. The molecule has 12 nitrogen and oxygen atoms in total. The SMILES string of the molecule is CC.CC(C)C=O.CNc1nc2c(ncn2CCC(COC(=O)C(C)C)OC)c(=O)[nH]1.COCCO. The van der Waals surface area contributed by atoms with Gasteiger partial charge in [-0.05, 0) is 6.42 Å². The average molecular weight is 516 g/mol. The van der Waals surface area contributed by atoms with Crippen molar-refractivity contribution in [2.45, 2.75) is 60.6 Å². The molecule has 2 aromatic heterocycles. The molecule has 1 unspecified atom stereocenters. The van der Waals surface area contributed by atoms with Crippen LogP contribution in [0.1, 0.15) is 48.0 Å². The molecule has 0 aliphatic rings. The van der Waals surface area contributed by atoms with Gasteiger partial charge in [-0.2, -0.15) is 4.98 Å². The molecule has 0 saturated carbocycles. The van der Waals surface area contributed by atoms with Gasteiger partial charge in [-0.1, -0.05) is 41.5 Å². The lowest BCUT2D eigenvalue weighted by molar-refractivity contribution is -0.151. The zero-order chi connectivity index (χ0) is 28.1. The van der Waals surface area contributed by atoms with Gasteiger partial charge in [0.05, 0.1) is 31.6 Å². The first kappa shape index (κ1) is 35.3. The van der Waals surface area contributed by atoms with Crippen LogP contribution in [0.5, 0.6) is 0 Å². The van der Waals surface area contributed by atoms with Gasteiger partial charge in [0.1, 0.15) is 12.9 Å². The van der Waals surface area contributed by atoms with Gasteiger partial charge in [-0.15, -0.1) is 0 Å². The summed E-state index contributed by atoms with van der Waals surface area (Å²) in [4.78, 5) is 44.0. The molecule has 0 fully saturated rings. The van der Waals surface area contributed by atoms with Crippen LogP contribution in [-0.2, 0) is 30.3 Å². The zero-order valence-electron chi connectivity index (χ0n) is 23.2. The summed E-state index contributed by atoms with van der Waals surface area (Å²) in [5.74, 6) is 0.159. The van der Waals surface area contributed by atoms with Gasteiger partial charge in [-0.3, -0.25) is 14.6 Å². The minimum absolute atomic E-state index is 0.122. The smallest absolute Gasteiger partial charge is 0.308 e. The zero-order valence-corrected chi connectivity index (χ0v) is 23.2. The van der Waals surface area contributed by atoms with Crippen molar-refractivity contribution in [2.75, 3.05) is 46.4 Å². The summed E-state index contributed by atoms with van der Waals surface area (Å²) >= 11 is 0. The number of aromatic nitrogens is 4. The lowest BCUT2D eigenvalue weighted by Gasteiger charge is -2.16. The number of carbonyl (C=O) groups is 2. The first-order chi connectivity index (χ1) is 17.1. The number of anilines is 1. The Balaban J connectivity index is 0. The Morgan fingerprint density at radius 3 is 2.28 bits per heavy atom. The molecule has 1 atom stereocenters. The van der Waals surface area contributed by atoms with Crippen LogP contribution >= 0.6 is 0 Å². The van der Waals surface area contributed by atoms with Gasteiger partial charge >= 0.3 is 5.97 Å². The highest BCUT2D eigenvalue weighted by Crippen LogP contribution is 2.10. The number of rotatable bonds is 11. The Morgan fingerprint density at radius 2 is 1.86 bits per heavy atom. The average Bonchev–Trinajstić information content (AvgIpc) is 3.29. The highest BCUT2D eigenvalue weighted by Gasteiger charge is 2.15. The van der Waals surface area contributed by atoms with Crippen LogP contribution in [0.3, 0.4) is 0 Å². The quantitative estimate of drug-likeness (QED) is 0.299. The summed E-state index contributed by atoms with van der Waals surface area (Å²) in [6.07, 6.45) is 2.84. The number of aliphatic hydroxyl groups is 1. The van der Waals surface area contributed by atoms with Gasteiger partial charge in [0, 0.05) is 33.7 Å². The number of aryl methyl sites for hydroxylation is 1. The number of aromatic amines is 1. The highest BCUT2D eigenvalue weighted by atomic mass is 16.6. The van der Waals surface area contributed by atoms with Crippen molar-refractivity contribution < 1.29 is 28.9 Å². The molecule has 12 heteroatoms. The van der Waals surface area contributed by atoms with E-state index in [0.717, 1.165) is 6.29 Å². The molecule has 0 aromatic carbocycles. The van der Waals surface area contributed by atoms with E-state index in [2.05, 4.69) is 25.0 Å². The maximum atomic E-state index is 11.9. The summed E-state index contributed by atoms with van der Waals surface area (Å²) in [6.45, 7) is 12.6. The van der Waals surface area contributed by atoms with Crippen LogP contribution in [0.4, 0.5) is 5.95 Å². The van der Waals surface area contributed by atoms with Crippen molar-refractivity contribution in [1.29, 1.82) is 0 Å². The predicted octanol–water partition coefficient (Wildman–Crippen LogP) is 2.26. The molecule has 0 spiro atoms. The van der Waals surface area contributed by atoms with Crippen molar-refractivity contribution in [2.24, 2.45) is 11.8 Å². The molecule has 0 aliphatic carbocycles. The number of esters is 1. The summed E-state index contributed by atoms with van der Waals surface area (Å²) in [5.41, 5.74) is 0.489. The van der Waals surface area contributed by atoms with Crippen molar-refractivity contribution in [1.82, 2.24) is 19.5 Å². The minimum Gasteiger partial charge on any atom is -0.463 e. The van der Waals surface area contributed by atoms with Crippen molar-refractivity contribution in [3.8, 4) is 0 Å². The molecule has 0 amide bonds. The summed E-state index contributed by atoms with van der Waals surface area (Å²) in [7, 11) is 4.80. The van der Waals surface area contributed by atoms with Crippen LogP contribution < -0.4 is 10.9 Å². The maximum absolute atomic E-state index is 11.9. The standard InChI is InChI=1S/C15H23N5O4.C4H8O.C3H8O2.C2H6/c1-9(2)14(22)24-7-10(23-4)5-6-20-8-17-11-12(20)18-15(16-3)19-13(11)21;1-4(2)3-5;1-5-3-2-4;1-2/h8-10H,5-7H2,1-4H3,(H2,16,18,19,21);3-4H,1-2H3;4H,2-3H2,1H3;1-2H3. The van der Waals surface area contributed by atoms with Crippen LogP contribution in [0, 0.1) is 11.8 Å². The van der Waals surface area contributed by atoms with Crippen LogP contribution in [-0.4, -0.2) is 84.1 Å². The predicted molar refractivity (Wildman–Crippen MR) is 140 cm³/mol. The maximum Gasteiger partial charge on any atom is 0.308 e. The summed E-state index contributed by atoms with van der Waals surface area (Å²) in [6, 6.07) is 0. The molecule has 2 rings (SSSR count). The van der Waals surface area contributed by atoms with E-state index in [1.54, 1.807) is 46.0 Å². The van der Waals surface area contributed by atoms with Gasteiger partial charge in [0.2, 0.25) is 5.95 Å². The second-order valence-corrected chi connectivity index (χ2v) is 7.80. The second-order valence-electron chi connectivity index (χ2n) is 7.80. The molecule has 2 heterocycles. The Kier molecular flexibility index (Phi) is 21.1. The number of hydrogen-bond donors (Lipinski definition) is 3. The van der Waals surface area contributed by atoms with Crippen molar-refractivity contribution in [3.05, 3.63) is 16.7 Å².